The molecule has 8 heteroatoms. The Kier molecular flexibility index (Phi) is 4.78. The summed E-state index contributed by atoms with van der Waals surface area (Å²) >= 11 is 0. The first kappa shape index (κ1) is 17.2. The Labute approximate surface area is 137 Å². The molecule has 2 aliphatic heterocycles. The molecule has 0 radical (unpaired) electrons. The first-order valence-electron chi connectivity index (χ1n) is 7.94. The molecular formula is C16H19F4N3O. The van der Waals surface area contributed by atoms with Crippen molar-refractivity contribution in [3.05, 3.63) is 35.6 Å². The molecular weight excluding hydrogens is 326 g/mol. The average Bonchev–Trinajstić information content (AvgIpc) is 3.15. The zero-order valence-electron chi connectivity index (χ0n) is 13.3. The third-order valence-corrected chi connectivity index (χ3v) is 4.22. The van der Waals surface area contributed by atoms with E-state index in [-0.39, 0.29) is 6.04 Å². The second-order valence-corrected chi connectivity index (χ2v) is 6.17. The first-order chi connectivity index (χ1) is 11.3. The van der Waals surface area contributed by atoms with Crippen LogP contribution < -0.4 is 0 Å². The van der Waals surface area contributed by atoms with Crippen molar-refractivity contribution in [1.29, 1.82) is 0 Å². The number of halogens is 4. The maximum atomic E-state index is 13.5. The molecule has 2 unspecified atom stereocenters. The van der Waals surface area contributed by atoms with Gasteiger partial charge in [0.25, 0.3) is 0 Å². The van der Waals surface area contributed by atoms with Gasteiger partial charge in [-0.1, -0.05) is 12.1 Å². The van der Waals surface area contributed by atoms with Gasteiger partial charge in [-0.15, -0.1) is 5.06 Å². The SMILES string of the molecule is CC(CN1CCCC1)N1OC(C(F)(F)F)=NC1c1cccc(F)c1. The summed E-state index contributed by atoms with van der Waals surface area (Å²) < 4.78 is 52.5. The van der Waals surface area contributed by atoms with Crippen molar-refractivity contribution in [3.8, 4) is 0 Å². The lowest BCUT2D eigenvalue weighted by molar-refractivity contribution is -0.155. The van der Waals surface area contributed by atoms with E-state index < -0.39 is 24.1 Å². The summed E-state index contributed by atoms with van der Waals surface area (Å²) in [6.45, 7) is 4.22. The van der Waals surface area contributed by atoms with Crippen molar-refractivity contribution in [2.45, 2.75) is 38.1 Å². The zero-order valence-corrected chi connectivity index (χ0v) is 13.3. The van der Waals surface area contributed by atoms with Gasteiger partial charge < -0.3 is 9.74 Å². The van der Waals surface area contributed by atoms with E-state index in [0.717, 1.165) is 25.9 Å². The highest BCUT2D eigenvalue weighted by Crippen LogP contribution is 2.35. The molecule has 0 N–H and O–H groups in total. The molecule has 0 bridgehead atoms. The standard InChI is InChI=1S/C16H19F4N3O/c1-11(10-22-7-2-3-8-22)23-14(12-5-4-6-13(17)9-12)21-15(24-23)16(18,19)20/h4-6,9,11,14H,2-3,7-8,10H2,1H3. The summed E-state index contributed by atoms with van der Waals surface area (Å²) in [5, 5.41) is 1.22. The van der Waals surface area contributed by atoms with Crippen LogP contribution in [0.25, 0.3) is 0 Å². The molecule has 0 spiro atoms. The molecule has 0 aliphatic carbocycles. The van der Waals surface area contributed by atoms with Crippen LogP contribution in [0.3, 0.4) is 0 Å². The molecule has 1 aromatic carbocycles. The summed E-state index contributed by atoms with van der Waals surface area (Å²) in [6, 6.07) is 5.11. The lowest BCUT2D eigenvalue weighted by Crippen LogP contribution is -2.42. The van der Waals surface area contributed by atoms with Crippen LogP contribution in [0.2, 0.25) is 0 Å². The Morgan fingerprint density at radius 1 is 1.29 bits per heavy atom. The van der Waals surface area contributed by atoms with E-state index in [1.54, 1.807) is 13.0 Å². The van der Waals surface area contributed by atoms with Crippen LogP contribution >= 0.6 is 0 Å². The van der Waals surface area contributed by atoms with Crippen LogP contribution in [-0.4, -0.2) is 47.7 Å². The Morgan fingerprint density at radius 3 is 2.62 bits per heavy atom. The Balaban J connectivity index is 1.83. The largest absolute Gasteiger partial charge is 0.470 e. The highest BCUT2D eigenvalue weighted by atomic mass is 19.4. The number of benzene rings is 1. The van der Waals surface area contributed by atoms with Crippen molar-refractivity contribution in [2.75, 3.05) is 19.6 Å². The van der Waals surface area contributed by atoms with Gasteiger partial charge in [0.05, 0.1) is 6.04 Å². The Bertz CT molecular complexity index is 614. The van der Waals surface area contributed by atoms with Gasteiger partial charge in [0.15, 0.2) is 6.17 Å². The number of hydrogen-bond acceptors (Lipinski definition) is 4. The Hall–Kier alpha value is -1.67. The molecule has 24 heavy (non-hydrogen) atoms. The third-order valence-electron chi connectivity index (χ3n) is 4.22. The van der Waals surface area contributed by atoms with Gasteiger partial charge in [-0.05, 0) is 50.6 Å². The number of nitrogens with zero attached hydrogens (tertiary/aromatic N) is 3. The van der Waals surface area contributed by atoms with Crippen LogP contribution in [-0.2, 0) is 4.84 Å². The van der Waals surface area contributed by atoms with Crippen LogP contribution in [0.5, 0.6) is 0 Å². The molecule has 1 saturated heterocycles. The molecule has 4 nitrogen and oxygen atoms in total. The van der Waals surface area contributed by atoms with E-state index in [1.165, 1.54) is 23.3 Å². The van der Waals surface area contributed by atoms with Crippen LogP contribution in [0.1, 0.15) is 31.5 Å². The maximum absolute atomic E-state index is 13.5. The van der Waals surface area contributed by atoms with Crippen molar-refractivity contribution in [3.63, 3.8) is 0 Å². The summed E-state index contributed by atoms with van der Waals surface area (Å²) in [5.41, 5.74) is 0.336. The number of aliphatic imine (C=N–C) groups is 1. The van der Waals surface area contributed by atoms with E-state index in [2.05, 4.69) is 9.89 Å². The number of hydrogen-bond donors (Lipinski definition) is 0. The average molecular weight is 345 g/mol. The minimum atomic E-state index is -4.67. The van der Waals surface area contributed by atoms with Crippen molar-refractivity contribution < 1.29 is 22.4 Å². The van der Waals surface area contributed by atoms with Crippen LogP contribution in [0, 0.1) is 5.82 Å². The summed E-state index contributed by atoms with van der Waals surface area (Å²) in [5.74, 6) is -1.81. The molecule has 0 aromatic heterocycles. The topological polar surface area (TPSA) is 28.1 Å². The second-order valence-electron chi connectivity index (χ2n) is 6.17. The highest BCUT2D eigenvalue weighted by Gasteiger charge is 2.47. The highest BCUT2D eigenvalue weighted by molar-refractivity contribution is 5.82. The van der Waals surface area contributed by atoms with Crippen molar-refractivity contribution in [2.24, 2.45) is 4.99 Å². The van der Waals surface area contributed by atoms with Crippen molar-refractivity contribution >= 4 is 5.90 Å². The number of hydroxylamine groups is 2. The molecule has 3 rings (SSSR count). The molecule has 2 heterocycles. The van der Waals surface area contributed by atoms with E-state index in [1.807, 2.05) is 0 Å². The number of likely N-dealkylation sites (tertiary alicyclic amines) is 1. The lowest BCUT2D eigenvalue weighted by atomic mass is 10.1. The van der Waals surface area contributed by atoms with Gasteiger partial charge in [-0.2, -0.15) is 13.2 Å². The molecule has 2 atom stereocenters. The zero-order chi connectivity index (χ0) is 17.3. The van der Waals surface area contributed by atoms with Gasteiger partial charge in [0.2, 0.25) is 0 Å². The lowest BCUT2D eigenvalue weighted by Gasteiger charge is -2.30. The van der Waals surface area contributed by atoms with E-state index in [9.17, 15) is 17.6 Å². The first-order valence-corrected chi connectivity index (χ1v) is 7.94. The summed E-state index contributed by atoms with van der Waals surface area (Å²) in [7, 11) is 0. The predicted molar refractivity (Wildman–Crippen MR) is 80.7 cm³/mol. The van der Waals surface area contributed by atoms with Crippen LogP contribution in [0.4, 0.5) is 17.6 Å². The summed E-state index contributed by atoms with van der Waals surface area (Å²) in [6.07, 6.45) is -3.50. The molecule has 0 saturated carbocycles. The number of rotatable bonds is 4. The van der Waals surface area contributed by atoms with Gasteiger partial charge in [0.1, 0.15) is 5.82 Å². The Morgan fingerprint density at radius 2 is 2.00 bits per heavy atom. The minimum Gasteiger partial charge on any atom is -0.378 e. The summed E-state index contributed by atoms with van der Waals surface area (Å²) in [4.78, 5) is 10.9. The molecule has 132 valence electrons. The van der Waals surface area contributed by atoms with E-state index in [4.69, 9.17) is 4.84 Å². The fourth-order valence-electron chi connectivity index (χ4n) is 3.11. The van der Waals surface area contributed by atoms with Crippen molar-refractivity contribution in [1.82, 2.24) is 9.96 Å². The monoisotopic (exact) mass is 345 g/mol. The second kappa shape index (κ2) is 6.68. The molecule has 1 fully saturated rings. The fourth-order valence-corrected chi connectivity index (χ4v) is 3.11. The van der Waals surface area contributed by atoms with E-state index >= 15 is 0 Å². The van der Waals surface area contributed by atoms with Gasteiger partial charge in [-0.3, -0.25) is 0 Å². The van der Waals surface area contributed by atoms with Gasteiger partial charge >= 0.3 is 12.1 Å². The normalized spacial score (nSPS) is 24.0. The number of alkyl halides is 3. The quantitative estimate of drug-likeness (QED) is 0.782. The van der Waals surface area contributed by atoms with Gasteiger partial charge in [0, 0.05) is 6.54 Å². The van der Waals surface area contributed by atoms with Crippen LogP contribution in [0.15, 0.2) is 29.3 Å². The van der Waals surface area contributed by atoms with Gasteiger partial charge in [-0.25, -0.2) is 9.38 Å². The minimum absolute atomic E-state index is 0.319. The maximum Gasteiger partial charge on any atom is 0.470 e. The predicted octanol–water partition coefficient (Wildman–Crippen LogP) is 3.52. The smallest absolute Gasteiger partial charge is 0.378 e. The molecule has 1 aromatic rings. The van der Waals surface area contributed by atoms with E-state index in [0.29, 0.717) is 12.1 Å². The third kappa shape index (κ3) is 3.70. The molecule has 2 aliphatic rings. The fraction of sp³-hybridized carbons (Fsp3) is 0.562. The molecule has 0 amide bonds.